The van der Waals surface area contributed by atoms with Crippen LogP contribution in [0.15, 0.2) is 0 Å². The largest absolute Gasteiger partial charge is 0.465 e. The molecular weight excluding hydrogens is 227 g/mol. The van der Waals surface area contributed by atoms with Crippen molar-refractivity contribution in [2.24, 2.45) is 5.41 Å². The molecule has 0 heterocycles. The first-order valence-electron chi connectivity index (χ1n) is 4.20. The minimum absolute atomic E-state index is 0.0435. The van der Waals surface area contributed by atoms with Crippen molar-refractivity contribution < 1.29 is 14.3 Å². The zero-order chi connectivity index (χ0) is 11.4. The second-order valence-corrected chi connectivity index (χ2v) is 5.56. The van der Waals surface area contributed by atoms with Gasteiger partial charge in [-0.2, -0.15) is 0 Å². The Kier molecular flexibility index (Phi) is 4.89. The van der Waals surface area contributed by atoms with Crippen molar-refractivity contribution in [2.45, 2.75) is 31.5 Å². The van der Waals surface area contributed by atoms with Crippen molar-refractivity contribution in [3.8, 4) is 0 Å². The Morgan fingerprint density at radius 3 is 2.21 bits per heavy atom. The Morgan fingerprint density at radius 2 is 1.86 bits per heavy atom. The second-order valence-electron chi connectivity index (χ2n) is 4.01. The average Bonchev–Trinajstić information content (AvgIpc) is 2.02. The highest BCUT2D eigenvalue weighted by Gasteiger charge is 2.26. The maximum Gasteiger partial charge on any atom is 0.311 e. The molecule has 0 saturated carbocycles. The highest BCUT2D eigenvalue weighted by molar-refractivity contribution is 6.55. The Labute approximate surface area is 93.7 Å². The summed E-state index contributed by atoms with van der Waals surface area (Å²) < 4.78 is 3.42. The summed E-state index contributed by atoms with van der Waals surface area (Å²) in [4.78, 5) is 21.5. The lowest BCUT2D eigenvalue weighted by Crippen LogP contribution is -2.25. The van der Waals surface area contributed by atoms with Gasteiger partial charge < -0.3 is 9.53 Å². The lowest BCUT2D eigenvalue weighted by atomic mass is 9.97. The molecular formula is C9H14Cl2O3. The molecule has 0 aliphatic carbocycles. The number of alkyl halides is 2. The van der Waals surface area contributed by atoms with Gasteiger partial charge in [0.2, 0.25) is 0 Å². The fourth-order valence-electron chi connectivity index (χ4n) is 0.555. The van der Waals surface area contributed by atoms with Gasteiger partial charge in [0.25, 0.3) is 0 Å². The van der Waals surface area contributed by atoms with Gasteiger partial charge in [0.05, 0.1) is 12.0 Å². The number of aldehydes is 1. The summed E-state index contributed by atoms with van der Waals surface area (Å²) in [6.07, 6.45) is 0.516. The molecule has 0 rings (SSSR count). The van der Waals surface area contributed by atoms with Gasteiger partial charge in [-0.25, -0.2) is 0 Å². The van der Waals surface area contributed by atoms with Crippen molar-refractivity contribution in [1.82, 2.24) is 0 Å². The molecule has 0 spiro atoms. The van der Waals surface area contributed by atoms with Crippen molar-refractivity contribution in [2.75, 3.05) is 6.61 Å². The van der Waals surface area contributed by atoms with Crippen LogP contribution < -0.4 is 0 Å². The fraction of sp³-hybridized carbons (Fsp3) is 0.778. The number of hydrogen-bond acceptors (Lipinski definition) is 3. The first-order valence-corrected chi connectivity index (χ1v) is 4.96. The third-order valence-electron chi connectivity index (χ3n) is 1.45. The van der Waals surface area contributed by atoms with Crippen LogP contribution in [0.3, 0.4) is 0 Å². The van der Waals surface area contributed by atoms with Crippen LogP contribution in [0.4, 0.5) is 0 Å². The average molecular weight is 241 g/mol. The van der Waals surface area contributed by atoms with Gasteiger partial charge >= 0.3 is 5.97 Å². The maximum absolute atomic E-state index is 11.2. The highest BCUT2D eigenvalue weighted by atomic mass is 35.5. The fourth-order valence-corrected chi connectivity index (χ4v) is 0.710. The molecule has 14 heavy (non-hydrogen) atoms. The van der Waals surface area contributed by atoms with Gasteiger partial charge in [0.15, 0.2) is 10.6 Å². The van der Waals surface area contributed by atoms with Crippen LogP contribution in [0.25, 0.3) is 0 Å². The first kappa shape index (κ1) is 13.7. The van der Waals surface area contributed by atoms with E-state index in [1.807, 2.05) is 0 Å². The number of hydrogen-bond donors (Lipinski definition) is 0. The van der Waals surface area contributed by atoms with E-state index in [1.165, 1.54) is 0 Å². The van der Waals surface area contributed by atoms with Crippen molar-refractivity contribution in [1.29, 1.82) is 0 Å². The Hall–Kier alpha value is -0.280. The van der Waals surface area contributed by atoms with E-state index in [2.05, 4.69) is 0 Å². The molecule has 82 valence electrons. The predicted molar refractivity (Wildman–Crippen MR) is 55.5 cm³/mol. The standard InChI is InChI=1S/C9H14Cl2O3/c1-8(2,3)7(13)14-5-4-9(10,11)6-12/h6H,4-5H2,1-3H3. The first-order chi connectivity index (χ1) is 6.19. The molecule has 0 bridgehead atoms. The van der Waals surface area contributed by atoms with Crippen LogP contribution in [0.2, 0.25) is 0 Å². The Morgan fingerprint density at radius 1 is 1.36 bits per heavy atom. The molecule has 5 heteroatoms. The Balaban J connectivity index is 3.87. The molecule has 0 aliphatic rings. The van der Waals surface area contributed by atoms with Gasteiger partial charge in [-0.1, -0.05) is 23.2 Å². The summed E-state index contributed by atoms with van der Waals surface area (Å²) >= 11 is 11.0. The molecule has 0 unspecified atom stereocenters. The molecule has 0 aromatic heterocycles. The Bertz CT molecular complexity index is 219. The van der Waals surface area contributed by atoms with Gasteiger partial charge in [-0.3, -0.25) is 4.79 Å². The molecule has 3 nitrogen and oxygen atoms in total. The third-order valence-corrected chi connectivity index (χ3v) is 2.01. The zero-order valence-electron chi connectivity index (χ0n) is 8.47. The van der Waals surface area contributed by atoms with E-state index in [-0.39, 0.29) is 19.0 Å². The lowest BCUT2D eigenvalue weighted by molar-refractivity contribution is -0.153. The van der Waals surface area contributed by atoms with Crippen LogP contribution in [0.1, 0.15) is 27.2 Å². The van der Waals surface area contributed by atoms with E-state index in [4.69, 9.17) is 27.9 Å². The van der Waals surface area contributed by atoms with Crippen LogP contribution in [0.5, 0.6) is 0 Å². The molecule has 0 radical (unpaired) electrons. The number of rotatable bonds is 4. The number of halogens is 2. The maximum atomic E-state index is 11.2. The topological polar surface area (TPSA) is 43.4 Å². The SMILES string of the molecule is CC(C)(C)C(=O)OCCC(Cl)(Cl)C=O. The summed E-state index contributed by atoms with van der Waals surface area (Å²) in [7, 11) is 0. The van der Waals surface area contributed by atoms with Gasteiger partial charge in [-0.05, 0) is 20.8 Å². The second kappa shape index (κ2) is 4.99. The van der Waals surface area contributed by atoms with E-state index < -0.39 is 9.75 Å². The van der Waals surface area contributed by atoms with Crippen molar-refractivity contribution >= 4 is 35.5 Å². The van der Waals surface area contributed by atoms with Crippen LogP contribution >= 0.6 is 23.2 Å². The smallest absolute Gasteiger partial charge is 0.311 e. The number of ether oxygens (including phenoxy) is 1. The van der Waals surface area contributed by atoms with E-state index in [0.717, 1.165) is 0 Å². The lowest BCUT2D eigenvalue weighted by Gasteiger charge is -2.18. The van der Waals surface area contributed by atoms with Gasteiger partial charge in [0, 0.05) is 6.42 Å². The summed E-state index contributed by atoms with van der Waals surface area (Å²) in [5.74, 6) is -0.340. The molecule has 0 aromatic carbocycles. The van der Waals surface area contributed by atoms with Crippen LogP contribution in [-0.4, -0.2) is 23.2 Å². The molecule has 0 N–H and O–H groups in total. The van der Waals surface area contributed by atoms with E-state index in [0.29, 0.717) is 6.29 Å². The van der Waals surface area contributed by atoms with E-state index in [9.17, 15) is 9.59 Å². The molecule has 0 atom stereocenters. The number of carbonyl (C=O) groups is 2. The predicted octanol–water partition coefficient (Wildman–Crippen LogP) is 2.34. The van der Waals surface area contributed by atoms with Crippen LogP contribution in [0, 0.1) is 5.41 Å². The summed E-state index contributed by atoms with van der Waals surface area (Å²) in [5, 5.41) is 0. The van der Waals surface area contributed by atoms with Gasteiger partial charge in [-0.15, -0.1) is 0 Å². The molecule has 0 amide bonds. The third kappa shape index (κ3) is 5.45. The minimum atomic E-state index is -1.46. The number of carbonyl (C=O) groups excluding carboxylic acids is 2. The normalized spacial score (nSPS) is 12.4. The van der Waals surface area contributed by atoms with Crippen molar-refractivity contribution in [3.05, 3.63) is 0 Å². The van der Waals surface area contributed by atoms with Gasteiger partial charge in [0.1, 0.15) is 0 Å². The van der Waals surface area contributed by atoms with Crippen LogP contribution in [-0.2, 0) is 14.3 Å². The molecule has 0 aromatic rings. The molecule has 0 aliphatic heterocycles. The number of esters is 1. The quantitative estimate of drug-likeness (QED) is 0.431. The molecule has 0 fully saturated rings. The zero-order valence-corrected chi connectivity index (χ0v) is 9.98. The molecule has 0 saturated heterocycles. The minimum Gasteiger partial charge on any atom is -0.465 e. The van der Waals surface area contributed by atoms with Crippen molar-refractivity contribution in [3.63, 3.8) is 0 Å². The highest BCUT2D eigenvalue weighted by Crippen LogP contribution is 2.23. The summed E-state index contributed by atoms with van der Waals surface area (Å²) in [6, 6.07) is 0. The van der Waals surface area contributed by atoms with E-state index in [1.54, 1.807) is 20.8 Å². The van der Waals surface area contributed by atoms with E-state index >= 15 is 0 Å². The summed E-state index contributed by atoms with van der Waals surface area (Å²) in [6.45, 7) is 5.26. The summed E-state index contributed by atoms with van der Waals surface area (Å²) in [5.41, 5.74) is -0.553. The monoisotopic (exact) mass is 240 g/mol.